The number of ether oxygens (including phenoxy) is 1. The molecule has 0 spiro atoms. The molecule has 2 atom stereocenters. The van der Waals surface area contributed by atoms with Gasteiger partial charge in [-0.05, 0) is 61.7 Å². The van der Waals surface area contributed by atoms with Crippen LogP contribution in [0.1, 0.15) is 33.3 Å². The molecule has 0 unspecified atom stereocenters. The van der Waals surface area contributed by atoms with Crippen LogP contribution in [0.15, 0.2) is 48.5 Å². The molecule has 2 aromatic rings. The molecule has 0 aliphatic heterocycles. The first kappa shape index (κ1) is 27.7. The molecule has 0 aliphatic rings. The largest absolute Gasteiger partial charge is 0.493 e. The fourth-order valence-electron chi connectivity index (χ4n) is 2.87. The van der Waals surface area contributed by atoms with Gasteiger partial charge in [0, 0.05) is 11.6 Å². The zero-order valence-electron chi connectivity index (χ0n) is 20.2. The van der Waals surface area contributed by atoms with Crippen molar-refractivity contribution in [3.8, 4) is 5.75 Å². The van der Waals surface area contributed by atoms with E-state index in [0.29, 0.717) is 29.0 Å². The summed E-state index contributed by atoms with van der Waals surface area (Å²) >= 11 is 5.88. The van der Waals surface area contributed by atoms with E-state index in [1.54, 1.807) is 48.5 Å². The minimum atomic E-state index is -1.13. The number of hydrogen-bond acceptors (Lipinski definition) is 6. The van der Waals surface area contributed by atoms with Crippen molar-refractivity contribution < 1.29 is 24.2 Å². The highest BCUT2D eigenvalue weighted by Gasteiger charge is 2.33. The molecule has 5 N–H and O–H groups in total. The summed E-state index contributed by atoms with van der Waals surface area (Å²) in [6, 6.07) is 11.4. The van der Waals surface area contributed by atoms with Gasteiger partial charge in [0.2, 0.25) is 0 Å². The molecule has 10 nitrogen and oxygen atoms in total. The second kappa shape index (κ2) is 13.4. The van der Waals surface area contributed by atoms with E-state index in [-0.39, 0.29) is 6.54 Å². The minimum Gasteiger partial charge on any atom is -0.493 e. The van der Waals surface area contributed by atoms with E-state index >= 15 is 0 Å². The Morgan fingerprint density at radius 1 is 0.971 bits per heavy atom. The summed E-state index contributed by atoms with van der Waals surface area (Å²) in [4.78, 5) is 38.0. The molecule has 2 rings (SSSR count). The van der Waals surface area contributed by atoms with Crippen LogP contribution >= 0.6 is 11.6 Å². The SMILES string of the molecule is CC(C)COc1ccc(NNNC(=O)N(C(=O)NCc2ccc(Cl)cc2)[C@@H](C)[C@@H](C)C(=O)O)cc1. The summed E-state index contributed by atoms with van der Waals surface area (Å²) in [7, 11) is 0. The van der Waals surface area contributed by atoms with Crippen molar-refractivity contribution in [1.82, 2.24) is 21.2 Å². The van der Waals surface area contributed by atoms with Crippen LogP contribution in [0.25, 0.3) is 0 Å². The van der Waals surface area contributed by atoms with Gasteiger partial charge >= 0.3 is 18.0 Å². The molecular formula is C24H32ClN5O5. The van der Waals surface area contributed by atoms with E-state index in [4.69, 9.17) is 16.3 Å². The van der Waals surface area contributed by atoms with Crippen LogP contribution in [-0.4, -0.2) is 40.7 Å². The average Bonchev–Trinajstić information content (AvgIpc) is 2.82. The first-order valence-electron chi connectivity index (χ1n) is 11.2. The summed E-state index contributed by atoms with van der Waals surface area (Å²) in [5.74, 6) is -1.00. The van der Waals surface area contributed by atoms with Crippen molar-refractivity contribution in [2.75, 3.05) is 12.0 Å². The molecule has 0 radical (unpaired) electrons. The van der Waals surface area contributed by atoms with Gasteiger partial charge in [0.15, 0.2) is 0 Å². The second-order valence-electron chi connectivity index (χ2n) is 8.43. The highest BCUT2D eigenvalue weighted by atomic mass is 35.5. The van der Waals surface area contributed by atoms with E-state index in [1.165, 1.54) is 13.8 Å². The zero-order valence-corrected chi connectivity index (χ0v) is 20.9. The van der Waals surface area contributed by atoms with Crippen molar-refractivity contribution in [2.24, 2.45) is 11.8 Å². The van der Waals surface area contributed by atoms with Crippen LogP contribution in [0.4, 0.5) is 15.3 Å². The molecule has 0 bridgehead atoms. The molecule has 190 valence electrons. The highest BCUT2D eigenvalue weighted by molar-refractivity contribution is 6.30. The highest BCUT2D eigenvalue weighted by Crippen LogP contribution is 2.16. The van der Waals surface area contributed by atoms with Gasteiger partial charge < -0.3 is 20.6 Å². The molecule has 0 aromatic heterocycles. The maximum Gasteiger partial charge on any atom is 0.341 e. The molecule has 4 amide bonds. The Bertz CT molecular complexity index is 985. The van der Waals surface area contributed by atoms with E-state index < -0.39 is 30.0 Å². The molecular weight excluding hydrogens is 474 g/mol. The predicted molar refractivity (Wildman–Crippen MR) is 134 cm³/mol. The molecule has 0 saturated heterocycles. The number of amides is 4. The standard InChI is InChI=1S/C24H32ClN5O5/c1-15(2)14-35-21-11-9-20(10-12-21)27-29-28-24(34)30(17(4)16(3)22(31)32)23(33)26-13-18-5-7-19(25)8-6-18/h5-12,15-17,27,29H,13-14H2,1-4H3,(H,26,33)(H,28,34)(H,31,32)/t16-,17+/m1/s1. The lowest BCUT2D eigenvalue weighted by atomic mass is 10.0. The lowest BCUT2D eigenvalue weighted by Gasteiger charge is -2.30. The smallest absolute Gasteiger partial charge is 0.341 e. The Balaban J connectivity index is 1.98. The number of nitrogens with zero attached hydrogens (tertiary/aromatic N) is 1. The molecule has 0 fully saturated rings. The average molecular weight is 506 g/mol. The molecule has 0 heterocycles. The molecule has 11 heteroatoms. The fourth-order valence-corrected chi connectivity index (χ4v) is 3.00. The number of carbonyl (C=O) groups excluding carboxylic acids is 2. The fraction of sp³-hybridized carbons (Fsp3) is 0.375. The van der Waals surface area contributed by atoms with E-state index in [0.717, 1.165) is 10.5 Å². The van der Waals surface area contributed by atoms with Gasteiger partial charge in [0.1, 0.15) is 5.75 Å². The number of hydrogen-bond donors (Lipinski definition) is 5. The Kier molecular flexibility index (Phi) is 10.6. The number of hydrazine groups is 2. The van der Waals surface area contributed by atoms with E-state index in [9.17, 15) is 19.5 Å². The number of imide groups is 1. The number of carboxylic acid groups (broad SMARTS) is 1. The number of nitrogens with one attached hydrogen (secondary N) is 4. The first-order valence-corrected chi connectivity index (χ1v) is 11.5. The normalized spacial score (nSPS) is 12.4. The quantitative estimate of drug-likeness (QED) is 0.288. The maximum atomic E-state index is 12.8. The number of aliphatic carboxylic acids is 1. The Hall–Kier alpha value is -3.50. The van der Waals surface area contributed by atoms with E-state index in [2.05, 4.69) is 35.6 Å². The van der Waals surface area contributed by atoms with Crippen LogP contribution in [0.2, 0.25) is 5.02 Å². The molecule has 0 aliphatic carbocycles. The molecule has 2 aromatic carbocycles. The molecule has 0 saturated carbocycles. The predicted octanol–water partition coefficient (Wildman–Crippen LogP) is 4.24. The van der Waals surface area contributed by atoms with Gasteiger partial charge in [-0.15, -0.1) is 5.53 Å². The lowest BCUT2D eigenvalue weighted by molar-refractivity contribution is -0.142. The van der Waals surface area contributed by atoms with Crippen LogP contribution in [0, 0.1) is 11.8 Å². The van der Waals surface area contributed by atoms with Gasteiger partial charge in [0.25, 0.3) is 0 Å². The van der Waals surface area contributed by atoms with Crippen LogP contribution in [0.3, 0.4) is 0 Å². The lowest BCUT2D eigenvalue weighted by Crippen LogP contribution is -2.58. The second-order valence-corrected chi connectivity index (χ2v) is 8.87. The number of carbonyl (C=O) groups is 3. The van der Waals surface area contributed by atoms with Crippen LogP contribution in [-0.2, 0) is 11.3 Å². The zero-order chi connectivity index (χ0) is 26.0. The van der Waals surface area contributed by atoms with E-state index in [1.807, 2.05) is 0 Å². The third-order valence-corrected chi connectivity index (χ3v) is 5.38. The maximum absolute atomic E-state index is 12.8. The van der Waals surface area contributed by atoms with Crippen LogP contribution in [0.5, 0.6) is 5.75 Å². The topological polar surface area (TPSA) is 132 Å². The Morgan fingerprint density at radius 3 is 2.17 bits per heavy atom. The van der Waals surface area contributed by atoms with Crippen LogP contribution < -0.4 is 26.4 Å². The van der Waals surface area contributed by atoms with Crippen molar-refractivity contribution in [3.63, 3.8) is 0 Å². The number of rotatable bonds is 11. The molecule has 35 heavy (non-hydrogen) atoms. The van der Waals surface area contributed by atoms with Gasteiger partial charge in [-0.2, -0.15) is 0 Å². The minimum absolute atomic E-state index is 0.130. The summed E-state index contributed by atoms with van der Waals surface area (Å²) in [6.45, 7) is 7.76. The Morgan fingerprint density at radius 2 is 1.60 bits per heavy atom. The first-order chi connectivity index (χ1) is 16.6. The number of anilines is 1. The van der Waals surface area contributed by atoms with Gasteiger partial charge in [-0.1, -0.05) is 37.6 Å². The van der Waals surface area contributed by atoms with Gasteiger partial charge in [-0.3, -0.25) is 10.2 Å². The summed E-state index contributed by atoms with van der Waals surface area (Å²) in [5.41, 5.74) is 9.10. The third kappa shape index (κ3) is 8.99. The Labute approximate surface area is 209 Å². The number of carboxylic acids is 1. The van der Waals surface area contributed by atoms with Crippen molar-refractivity contribution >= 4 is 35.3 Å². The number of urea groups is 2. The third-order valence-electron chi connectivity index (χ3n) is 5.13. The summed E-state index contributed by atoms with van der Waals surface area (Å²) in [5, 5.41) is 12.6. The van der Waals surface area contributed by atoms with Gasteiger partial charge in [0.05, 0.1) is 24.3 Å². The van der Waals surface area contributed by atoms with Gasteiger partial charge in [-0.25, -0.2) is 14.5 Å². The summed E-state index contributed by atoms with van der Waals surface area (Å²) < 4.78 is 5.63. The summed E-state index contributed by atoms with van der Waals surface area (Å²) in [6.07, 6.45) is 0. The number of benzene rings is 2. The van der Waals surface area contributed by atoms with Crippen molar-refractivity contribution in [1.29, 1.82) is 0 Å². The number of halogens is 1. The van der Waals surface area contributed by atoms with Crippen molar-refractivity contribution in [3.05, 3.63) is 59.1 Å². The monoisotopic (exact) mass is 505 g/mol. The van der Waals surface area contributed by atoms with Crippen molar-refractivity contribution in [2.45, 2.75) is 40.3 Å².